The molecule has 0 radical (unpaired) electrons. The Morgan fingerprint density at radius 1 is 1.03 bits per heavy atom. The van der Waals surface area contributed by atoms with Crippen LogP contribution >= 0.6 is 23.2 Å². The largest absolute Gasteiger partial charge is 0.493 e. The average Bonchev–Trinajstić information content (AvgIpc) is 2.77. The highest BCUT2D eigenvalue weighted by atomic mass is 35.5. The first-order valence-corrected chi connectivity index (χ1v) is 12.0. The highest BCUT2D eigenvalue weighted by Gasteiger charge is 2.30. The third kappa shape index (κ3) is 7.81. The van der Waals surface area contributed by atoms with Crippen molar-refractivity contribution in [2.75, 3.05) is 14.2 Å². The molecule has 0 aliphatic carbocycles. The maximum Gasteiger partial charge on any atom is 0.243 e. The summed E-state index contributed by atoms with van der Waals surface area (Å²) in [5.41, 5.74) is 1.24. The van der Waals surface area contributed by atoms with Gasteiger partial charge < -0.3 is 19.7 Å². The molecule has 0 aliphatic heterocycles. The normalized spacial score (nSPS) is 12.1. The molecule has 2 aromatic rings. The summed E-state index contributed by atoms with van der Waals surface area (Å²) in [4.78, 5) is 28.2. The molecule has 0 aliphatic rings. The Bertz CT molecular complexity index is 1000. The summed E-state index contributed by atoms with van der Waals surface area (Å²) >= 11 is 12.4. The fourth-order valence-corrected chi connectivity index (χ4v) is 4.11. The molecule has 186 valence electrons. The van der Waals surface area contributed by atoms with Gasteiger partial charge >= 0.3 is 0 Å². The molecule has 34 heavy (non-hydrogen) atoms. The van der Waals surface area contributed by atoms with Gasteiger partial charge in [-0.15, -0.1) is 0 Å². The van der Waals surface area contributed by atoms with Gasteiger partial charge in [0, 0.05) is 28.5 Å². The smallest absolute Gasteiger partial charge is 0.243 e. The van der Waals surface area contributed by atoms with Crippen LogP contribution in [-0.4, -0.2) is 42.5 Å². The summed E-state index contributed by atoms with van der Waals surface area (Å²) in [6, 6.07) is 10.1. The Kier molecular flexibility index (Phi) is 10.1. The van der Waals surface area contributed by atoms with Crippen LogP contribution in [0.15, 0.2) is 36.4 Å². The van der Waals surface area contributed by atoms with Crippen molar-refractivity contribution in [3.63, 3.8) is 0 Å². The molecule has 1 N–H and O–H groups in total. The molecule has 0 fully saturated rings. The monoisotopic (exact) mass is 508 g/mol. The standard InChI is InChI=1S/C26H34Cl2N2O4/c1-7-21(25(32)29-26(2,3)4)30(16-18-10-11-19(27)15-20(18)28)24(31)13-9-17-8-12-22(33-5)23(14-17)34-6/h8,10-12,14-15,21H,7,9,13,16H2,1-6H3,(H,29,32). The van der Waals surface area contributed by atoms with Crippen molar-refractivity contribution in [2.45, 2.75) is 65.1 Å². The Labute approximate surface area is 212 Å². The van der Waals surface area contributed by atoms with Crippen LogP contribution in [-0.2, 0) is 22.6 Å². The number of nitrogens with zero attached hydrogens (tertiary/aromatic N) is 1. The van der Waals surface area contributed by atoms with E-state index >= 15 is 0 Å². The van der Waals surface area contributed by atoms with Crippen molar-refractivity contribution in [1.82, 2.24) is 10.2 Å². The molecule has 1 atom stereocenters. The minimum Gasteiger partial charge on any atom is -0.493 e. The Balaban J connectivity index is 2.29. The number of hydrogen-bond acceptors (Lipinski definition) is 4. The lowest BCUT2D eigenvalue weighted by Gasteiger charge is -2.33. The summed E-state index contributed by atoms with van der Waals surface area (Å²) in [5, 5.41) is 3.97. The number of aryl methyl sites for hydroxylation is 1. The molecule has 0 aromatic heterocycles. The van der Waals surface area contributed by atoms with E-state index in [4.69, 9.17) is 32.7 Å². The predicted molar refractivity (Wildman–Crippen MR) is 137 cm³/mol. The fraction of sp³-hybridized carbons (Fsp3) is 0.462. The van der Waals surface area contributed by atoms with Gasteiger partial charge in [-0.25, -0.2) is 0 Å². The van der Waals surface area contributed by atoms with Crippen molar-refractivity contribution >= 4 is 35.0 Å². The second-order valence-corrected chi connectivity index (χ2v) is 9.95. The summed E-state index contributed by atoms with van der Waals surface area (Å²) in [6.07, 6.45) is 1.18. The van der Waals surface area contributed by atoms with Gasteiger partial charge in [0.05, 0.1) is 14.2 Å². The molecule has 0 bridgehead atoms. The van der Waals surface area contributed by atoms with Gasteiger partial charge in [0.2, 0.25) is 11.8 Å². The molecule has 2 amide bonds. The van der Waals surface area contributed by atoms with E-state index in [9.17, 15) is 9.59 Å². The van der Waals surface area contributed by atoms with Crippen molar-refractivity contribution in [2.24, 2.45) is 0 Å². The third-order valence-electron chi connectivity index (χ3n) is 5.32. The zero-order valence-electron chi connectivity index (χ0n) is 20.7. The average molecular weight is 509 g/mol. The quantitative estimate of drug-likeness (QED) is 0.449. The van der Waals surface area contributed by atoms with Crippen molar-refractivity contribution < 1.29 is 19.1 Å². The number of halogens is 2. The van der Waals surface area contributed by atoms with E-state index in [0.717, 1.165) is 11.1 Å². The number of rotatable bonds is 10. The zero-order chi connectivity index (χ0) is 25.5. The second kappa shape index (κ2) is 12.3. The Morgan fingerprint density at radius 3 is 2.26 bits per heavy atom. The first-order chi connectivity index (χ1) is 16.0. The van der Waals surface area contributed by atoms with Gasteiger partial charge in [0.25, 0.3) is 0 Å². The minimum absolute atomic E-state index is 0.142. The molecule has 8 heteroatoms. The molecule has 6 nitrogen and oxygen atoms in total. The van der Waals surface area contributed by atoms with Crippen LogP contribution in [0, 0.1) is 0 Å². The van der Waals surface area contributed by atoms with E-state index in [2.05, 4.69) is 5.32 Å². The van der Waals surface area contributed by atoms with E-state index in [-0.39, 0.29) is 24.8 Å². The summed E-state index contributed by atoms with van der Waals surface area (Å²) in [5.74, 6) is 0.894. The van der Waals surface area contributed by atoms with Crippen molar-refractivity contribution in [3.8, 4) is 11.5 Å². The SMILES string of the molecule is CCC(C(=O)NC(C)(C)C)N(Cc1ccc(Cl)cc1Cl)C(=O)CCc1ccc(OC)c(OC)c1. The first-order valence-electron chi connectivity index (χ1n) is 11.2. The van der Waals surface area contributed by atoms with E-state index in [1.165, 1.54) is 0 Å². The van der Waals surface area contributed by atoms with Crippen LogP contribution in [0.1, 0.15) is 51.7 Å². The minimum atomic E-state index is -0.635. The zero-order valence-corrected chi connectivity index (χ0v) is 22.2. The Hall–Kier alpha value is -2.44. The van der Waals surface area contributed by atoms with Crippen LogP contribution < -0.4 is 14.8 Å². The lowest BCUT2D eigenvalue weighted by molar-refractivity contribution is -0.142. The molecule has 0 saturated carbocycles. The molecular formula is C26H34Cl2N2O4. The molecule has 0 heterocycles. The number of benzene rings is 2. The predicted octanol–water partition coefficient (Wildman–Crippen LogP) is 5.67. The van der Waals surface area contributed by atoms with Gasteiger partial charge in [0.1, 0.15) is 6.04 Å². The Morgan fingerprint density at radius 2 is 1.71 bits per heavy atom. The van der Waals surface area contributed by atoms with E-state index in [1.54, 1.807) is 37.3 Å². The molecule has 0 saturated heterocycles. The molecular weight excluding hydrogens is 475 g/mol. The highest BCUT2D eigenvalue weighted by Crippen LogP contribution is 2.29. The summed E-state index contributed by atoms with van der Waals surface area (Å²) in [7, 11) is 3.15. The molecule has 1 unspecified atom stereocenters. The number of amides is 2. The first kappa shape index (κ1) is 27.8. The van der Waals surface area contributed by atoms with Gasteiger partial charge in [-0.2, -0.15) is 0 Å². The lowest BCUT2D eigenvalue weighted by atomic mass is 10.0. The van der Waals surface area contributed by atoms with Crippen LogP contribution in [0.25, 0.3) is 0 Å². The van der Waals surface area contributed by atoms with Crippen LogP contribution in [0.5, 0.6) is 11.5 Å². The van der Waals surface area contributed by atoms with E-state index in [0.29, 0.717) is 34.4 Å². The van der Waals surface area contributed by atoms with Gasteiger partial charge in [-0.3, -0.25) is 9.59 Å². The van der Waals surface area contributed by atoms with Crippen LogP contribution in [0.3, 0.4) is 0 Å². The number of methoxy groups -OCH3 is 2. The number of ether oxygens (including phenoxy) is 2. The molecule has 2 rings (SSSR count). The van der Waals surface area contributed by atoms with Crippen molar-refractivity contribution in [3.05, 3.63) is 57.6 Å². The van der Waals surface area contributed by atoms with Crippen LogP contribution in [0.4, 0.5) is 0 Å². The third-order valence-corrected chi connectivity index (χ3v) is 5.90. The molecule has 2 aromatic carbocycles. The lowest BCUT2D eigenvalue weighted by Crippen LogP contribution is -2.53. The van der Waals surface area contributed by atoms with Crippen molar-refractivity contribution in [1.29, 1.82) is 0 Å². The van der Waals surface area contributed by atoms with Crippen LogP contribution in [0.2, 0.25) is 10.0 Å². The number of hydrogen-bond donors (Lipinski definition) is 1. The maximum absolute atomic E-state index is 13.5. The number of carbonyl (C=O) groups excluding carboxylic acids is 2. The van der Waals surface area contributed by atoms with E-state index in [1.807, 2.05) is 45.9 Å². The summed E-state index contributed by atoms with van der Waals surface area (Å²) < 4.78 is 10.7. The molecule has 0 spiro atoms. The topological polar surface area (TPSA) is 67.9 Å². The fourth-order valence-electron chi connectivity index (χ4n) is 3.64. The number of nitrogens with one attached hydrogen (secondary N) is 1. The summed E-state index contributed by atoms with van der Waals surface area (Å²) in [6.45, 7) is 7.84. The second-order valence-electron chi connectivity index (χ2n) is 9.11. The number of carbonyl (C=O) groups is 2. The van der Waals surface area contributed by atoms with E-state index < -0.39 is 11.6 Å². The van der Waals surface area contributed by atoms with Gasteiger partial charge in [-0.05, 0) is 69.0 Å². The van der Waals surface area contributed by atoms with Gasteiger partial charge in [0.15, 0.2) is 11.5 Å². The maximum atomic E-state index is 13.5. The highest BCUT2D eigenvalue weighted by molar-refractivity contribution is 6.35. The van der Waals surface area contributed by atoms with Gasteiger partial charge in [-0.1, -0.05) is 42.3 Å².